The summed E-state index contributed by atoms with van der Waals surface area (Å²) in [5.41, 5.74) is 6.70. The quantitative estimate of drug-likeness (QED) is 0.795. The van der Waals surface area contributed by atoms with Gasteiger partial charge >= 0.3 is 0 Å². The average molecular weight is 248 g/mol. The van der Waals surface area contributed by atoms with E-state index in [0.717, 1.165) is 6.42 Å². The zero-order valence-electron chi connectivity index (χ0n) is 9.72. The molecule has 4 heteroatoms. The minimum absolute atomic E-state index is 0.0548. The van der Waals surface area contributed by atoms with E-state index in [1.165, 1.54) is 5.56 Å². The van der Waals surface area contributed by atoms with E-state index in [0.29, 0.717) is 10.9 Å². The van der Waals surface area contributed by atoms with Crippen LogP contribution in [0.1, 0.15) is 24.8 Å². The molecule has 0 bridgehead atoms. The lowest BCUT2D eigenvalue weighted by atomic mass is 10.1. The third-order valence-corrected chi connectivity index (χ3v) is 3.49. The van der Waals surface area contributed by atoms with Crippen molar-refractivity contribution in [2.24, 2.45) is 11.7 Å². The number of carbonyl (C=O) groups excluding carboxylic acids is 1. The number of nitrogens with two attached hydrogens (primary N) is 1. The molecule has 3 N–H and O–H groups in total. The van der Waals surface area contributed by atoms with E-state index >= 15 is 0 Å². The van der Waals surface area contributed by atoms with Gasteiger partial charge in [0.15, 0.2) is 0 Å². The van der Waals surface area contributed by atoms with Gasteiger partial charge in [-0.3, -0.25) is 4.79 Å². The number of hydrogen-bond donors (Lipinski definition) is 2. The standard InChI is InChI=1S/C13H16N2OS/c1-8(12(14)17)15-13(16)11-7-10(11)9-5-3-2-4-6-9/h2-6,8,10-11H,7H2,1H3,(H2,14,17)(H,15,16). The molecule has 1 aromatic rings. The van der Waals surface area contributed by atoms with Gasteiger partial charge in [0.2, 0.25) is 5.91 Å². The van der Waals surface area contributed by atoms with Crippen LogP contribution in [0, 0.1) is 5.92 Å². The minimum Gasteiger partial charge on any atom is -0.392 e. The van der Waals surface area contributed by atoms with Gasteiger partial charge in [-0.2, -0.15) is 0 Å². The topological polar surface area (TPSA) is 55.1 Å². The van der Waals surface area contributed by atoms with Crippen molar-refractivity contribution in [2.45, 2.75) is 25.3 Å². The van der Waals surface area contributed by atoms with Gasteiger partial charge in [-0.15, -0.1) is 0 Å². The molecule has 0 aromatic heterocycles. The number of carbonyl (C=O) groups is 1. The van der Waals surface area contributed by atoms with Crippen molar-refractivity contribution in [1.82, 2.24) is 5.32 Å². The van der Waals surface area contributed by atoms with Crippen molar-refractivity contribution >= 4 is 23.1 Å². The largest absolute Gasteiger partial charge is 0.392 e. The van der Waals surface area contributed by atoms with Crippen molar-refractivity contribution in [3.05, 3.63) is 35.9 Å². The summed E-state index contributed by atoms with van der Waals surface area (Å²) in [6, 6.07) is 9.88. The molecule has 1 aliphatic carbocycles. The van der Waals surface area contributed by atoms with E-state index in [2.05, 4.69) is 17.4 Å². The van der Waals surface area contributed by atoms with E-state index < -0.39 is 0 Å². The Balaban J connectivity index is 1.91. The van der Waals surface area contributed by atoms with Crippen LogP contribution in [0.2, 0.25) is 0 Å². The highest BCUT2D eigenvalue weighted by molar-refractivity contribution is 7.80. The number of benzene rings is 1. The number of nitrogens with one attached hydrogen (secondary N) is 1. The fraction of sp³-hybridized carbons (Fsp3) is 0.385. The predicted octanol–water partition coefficient (Wildman–Crippen LogP) is 1.58. The normalized spacial score (nSPS) is 23.8. The second-order valence-corrected chi connectivity index (χ2v) is 4.96. The molecule has 0 heterocycles. The van der Waals surface area contributed by atoms with Gasteiger partial charge < -0.3 is 11.1 Å². The molecule has 17 heavy (non-hydrogen) atoms. The Bertz CT molecular complexity index is 432. The van der Waals surface area contributed by atoms with Gasteiger partial charge in [0.05, 0.1) is 11.0 Å². The van der Waals surface area contributed by atoms with Crippen LogP contribution in [-0.4, -0.2) is 16.9 Å². The fourth-order valence-corrected chi connectivity index (χ4v) is 2.00. The second-order valence-electron chi connectivity index (χ2n) is 4.49. The predicted molar refractivity (Wildman–Crippen MR) is 71.7 cm³/mol. The van der Waals surface area contributed by atoms with Crippen molar-refractivity contribution in [3.63, 3.8) is 0 Å². The molecule has 3 atom stereocenters. The number of amides is 1. The van der Waals surface area contributed by atoms with Gasteiger partial charge in [-0.25, -0.2) is 0 Å². The third-order valence-electron chi connectivity index (χ3n) is 3.14. The number of hydrogen-bond acceptors (Lipinski definition) is 2. The molecule has 1 aliphatic rings. The maximum Gasteiger partial charge on any atom is 0.224 e. The third kappa shape index (κ3) is 2.82. The van der Waals surface area contributed by atoms with E-state index in [-0.39, 0.29) is 17.9 Å². The SMILES string of the molecule is CC(NC(=O)C1CC1c1ccccc1)C(N)=S. The highest BCUT2D eigenvalue weighted by Crippen LogP contribution is 2.47. The Kier molecular flexibility index (Phi) is 3.43. The zero-order valence-corrected chi connectivity index (χ0v) is 10.5. The van der Waals surface area contributed by atoms with Crippen LogP contribution in [0.4, 0.5) is 0 Å². The summed E-state index contributed by atoms with van der Waals surface area (Å²) in [5.74, 6) is 0.489. The molecule has 0 saturated heterocycles. The van der Waals surface area contributed by atoms with E-state index in [9.17, 15) is 4.79 Å². The summed E-state index contributed by atoms with van der Waals surface area (Å²) < 4.78 is 0. The van der Waals surface area contributed by atoms with Gasteiger partial charge in [-0.1, -0.05) is 42.5 Å². The molecule has 0 aliphatic heterocycles. The molecule has 1 amide bonds. The molecule has 0 radical (unpaired) electrons. The Morgan fingerprint density at radius 3 is 2.71 bits per heavy atom. The summed E-state index contributed by atoms with van der Waals surface area (Å²) in [6.45, 7) is 1.81. The van der Waals surface area contributed by atoms with Crippen LogP contribution >= 0.6 is 12.2 Å². The van der Waals surface area contributed by atoms with E-state index in [1.54, 1.807) is 6.92 Å². The van der Waals surface area contributed by atoms with E-state index in [1.807, 2.05) is 18.2 Å². The fourth-order valence-electron chi connectivity index (χ4n) is 1.94. The summed E-state index contributed by atoms with van der Waals surface area (Å²) in [4.78, 5) is 12.2. The lowest BCUT2D eigenvalue weighted by Crippen LogP contribution is -2.42. The Morgan fingerprint density at radius 1 is 1.47 bits per heavy atom. The summed E-state index contributed by atoms with van der Waals surface area (Å²) >= 11 is 4.83. The van der Waals surface area contributed by atoms with Crippen LogP contribution in [0.15, 0.2) is 30.3 Å². The van der Waals surface area contributed by atoms with Gasteiger partial charge in [0.25, 0.3) is 0 Å². The highest BCUT2D eigenvalue weighted by atomic mass is 32.1. The van der Waals surface area contributed by atoms with Crippen LogP contribution < -0.4 is 11.1 Å². The van der Waals surface area contributed by atoms with Crippen LogP contribution in [0.5, 0.6) is 0 Å². The maximum atomic E-state index is 11.9. The molecular formula is C13H16N2OS. The van der Waals surface area contributed by atoms with Crippen LogP contribution in [-0.2, 0) is 4.79 Å². The minimum atomic E-state index is -0.227. The molecule has 1 saturated carbocycles. The van der Waals surface area contributed by atoms with Crippen LogP contribution in [0.3, 0.4) is 0 Å². The Labute approximate surface area is 106 Å². The first-order chi connectivity index (χ1) is 8.09. The van der Waals surface area contributed by atoms with Crippen molar-refractivity contribution in [3.8, 4) is 0 Å². The van der Waals surface area contributed by atoms with Crippen molar-refractivity contribution in [2.75, 3.05) is 0 Å². The number of rotatable bonds is 4. The first-order valence-electron chi connectivity index (χ1n) is 5.74. The van der Waals surface area contributed by atoms with Crippen molar-refractivity contribution < 1.29 is 4.79 Å². The van der Waals surface area contributed by atoms with Crippen molar-refractivity contribution in [1.29, 1.82) is 0 Å². The zero-order chi connectivity index (χ0) is 12.4. The summed E-state index contributed by atoms with van der Waals surface area (Å²) in [5, 5.41) is 2.84. The molecule has 3 unspecified atom stereocenters. The summed E-state index contributed by atoms with van der Waals surface area (Å²) in [6.07, 6.45) is 0.917. The molecule has 2 rings (SSSR count). The van der Waals surface area contributed by atoms with Gasteiger partial charge in [0, 0.05) is 5.92 Å². The number of thiocarbonyl (C=S) groups is 1. The van der Waals surface area contributed by atoms with Gasteiger partial charge in [0.1, 0.15) is 0 Å². The van der Waals surface area contributed by atoms with Gasteiger partial charge in [-0.05, 0) is 24.8 Å². The smallest absolute Gasteiger partial charge is 0.224 e. The molecule has 1 aromatic carbocycles. The summed E-state index contributed by atoms with van der Waals surface area (Å²) in [7, 11) is 0. The molecular weight excluding hydrogens is 232 g/mol. The molecule has 0 spiro atoms. The molecule has 1 fully saturated rings. The Morgan fingerprint density at radius 2 is 2.12 bits per heavy atom. The second kappa shape index (κ2) is 4.84. The first-order valence-corrected chi connectivity index (χ1v) is 6.15. The lowest BCUT2D eigenvalue weighted by Gasteiger charge is -2.11. The first kappa shape index (κ1) is 12.0. The molecule has 90 valence electrons. The van der Waals surface area contributed by atoms with E-state index in [4.69, 9.17) is 18.0 Å². The lowest BCUT2D eigenvalue weighted by molar-refractivity contribution is -0.122. The highest BCUT2D eigenvalue weighted by Gasteiger charge is 2.44. The maximum absolute atomic E-state index is 11.9. The molecule has 3 nitrogen and oxygen atoms in total. The Hall–Kier alpha value is -1.42. The average Bonchev–Trinajstić information content (AvgIpc) is 3.10. The van der Waals surface area contributed by atoms with Crippen LogP contribution in [0.25, 0.3) is 0 Å². The monoisotopic (exact) mass is 248 g/mol.